The largest absolute Gasteiger partial charge is 0.337 e. The number of aromatic nitrogens is 4. The predicted molar refractivity (Wildman–Crippen MR) is 102 cm³/mol. The maximum atomic E-state index is 12.2. The fourth-order valence-corrected chi connectivity index (χ4v) is 2.91. The second-order valence-corrected chi connectivity index (χ2v) is 6.49. The van der Waals surface area contributed by atoms with Crippen molar-refractivity contribution in [1.82, 2.24) is 20.2 Å². The molecule has 2 aromatic heterocycles. The summed E-state index contributed by atoms with van der Waals surface area (Å²) in [5.41, 5.74) is 4.36. The van der Waals surface area contributed by atoms with Gasteiger partial charge in [-0.3, -0.25) is 9.89 Å². The molecule has 4 rings (SSSR count). The minimum atomic E-state index is -0.160. The molecule has 2 heterocycles. The van der Waals surface area contributed by atoms with E-state index >= 15 is 0 Å². The van der Waals surface area contributed by atoms with Crippen LogP contribution in [0.25, 0.3) is 22.6 Å². The summed E-state index contributed by atoms with van der Waals surface area (Å²) in [6.45, 7) is 1.93. The standard InChI is InChI=1S/C19H16ClN5O/c1-11-6-7-12(8-13(11)20)9-18(26)23-17-10-16(24-25-17)19-21-14-4-2-3-5-15(14)22-19/h2-8,10H,9H2,1H3,(H,21,22)(H2,23,24,25,26). The highest BCUT2D eigenvalue weighted by molar-refractivity contribution is 6.31. The smallest absolute Gasteiger partial charge is 0.229 e. The number of anilines is 1. The lowest BCUT2D eigenvalue weighted by Gasteiger charge is -2.04. The van der Waals surface area contributed by atoms with E-state index in [9.17, 15) is 4.79 Å². The number of rotatable bonds is 4. The summed E-state index contributed by atoms with van der Waals surface area (Å²) in [4.78, 5) is 20.0. The van der Waals surface area contributed by atoms with Crippen molar-refractivity contribution >= 4 is 34.4 Å². The molecule has 1 amide bonds. The van der Waals surface area contributed by atoms with E-state index in [4.69, 9.17) is 11.6 Å². The lowest BCUT2D eigenvalue weighted by atomic mass is 10.1. The van der Waals surface area contributed by atoms with Crippen LogP contribution in [0.4, 0.5) is 5.82 Å². The molecule has 0 aliphatic carbocycles. The Kier molecular flexibility index (Phi) is 4.18. The summed E-state index contributed by atoms with van der Waals surface area (Å²) in [7, 11) is 0. The number of carbonyl (C=O) groups is 1. The van der Waals surface area contributed by atoms with Gasteiger partial charge in [-0.15, -0.1) is 0 Å². The molecule has 0 aliphatic heterocycles. The number of hydrogen-bond donors (Lipinski definition) is 3. The van der Waals surface area contributed by atoms with Crippen molar-refractivity contribution in [2.45, 2.75) is 13.3 Å². The molecule has 0 spiro atoms. The number of amides is 1. The van der Waals surface area contributed by atoms with Gasteiger partial charge in [0.15, 0.2) is 11.6 Å². The first kappa shape index (κ1) is 16.4. The number of fused-ring (bicyclic) bond motifs is 1. The topological polar surface area (TPSA) is 86.5 Å². The summed E-state index contributed by atoms with van der Waals surface area (Å²) in [5, 5.41) is 10.5. The first-order valence-corrected chi connectivity index (χ1v) is 8.52. The van der Waals surface area contributed by atoms with Gasteiger partial charge < -0.3 is 10.3 Å². The Balaban J connectivity index is 1.47. The number of imidazole rings is 1. The molecule has 6 nitrogen and oxygen atoms in total. The minimum absolute atomic E-state index is 0.160. The van der Waals surface area contributed by atoms with Gasteiger partial charge in [0.25, 0.3) is 0 Å². The summed E-state index contributed by atoms with van der Waals surface area (Å²) in [6.07, 6.45) is 0.229. The first-order valence-electron chi connectivity index (χ1n) is 8.14. The van der Waals surface area contributed by atoms with Gasteiger partial charge in [-0.1, -0.05) is 35.9 Å². The molecule has 2 aromatic carbocycles. The Morgan fingerprint density at radius 1 is 1.19 bits per heavy atom. The molecule has 0 aliphatic rings. The summed E-state index contributed by atoms with van der Waals surface area (Å²) < 4.78 is 0. The van der Waals surface area contributed by atoms with Crippen LogP contribution in [0.15, 0.2) is 48.5 Å². The molecular formula is C19H16ClN5O. The summed E-state index contributed by atoms with van der Waals surface area (Å²) in [6, 6.07) is 15.1. The van der Waals surface area contributed by atoms with Crippen LogP contribution in [-0.4, -0.2) is 26.1 Å². The monoisotopic (exact) mass is 365 g/mol. The molecule has 0 fully saturated rings. The van der Waals surface area contributed by atoms with Gasteiger partial charge in [-0.2, -0.15) is 5.10 Å². The molecule has 0 saturated heterocycles. The van der Waals surface area contributed by atoms with Crippen LogP contribution < -0.4 is 5.32 Å². The van der Waals surface area contributed by atoms with E-state index in [1.54, 1.807) is 12.1 Å². The third-order valence-corrected chi connectivity index (χ3v) is 4.50. The molecule has 3 N–H and O–H groups in total. The number of aryl methyl sites for hydroxylation is 1. The Labute approximate surface area is 154 Å². The van der Waals surface area contributed by atoms with E-state index < -0.39 is 0 Å². The molecule has 26 heavy (non-hydrogen) atoms. The van der Waals surface area contributed by atoms with Crippen LogP contribution >= 0.6 is 11.6 Å². The van der Waals surface area contributed by atoms with Gasteiger partial charge in [0.05, 0.1) is 17.5 Å². The maximum Gasteiger partial charge on any atom is 0.229 e. The van der Waals surface area contributed by atoms with Gasteiger partial charge in [-0.25, -0.2) is 4.98 Å². The molecular weight excluding hydrogens is 350 g/mol. The quantitative estimate of drug-likeness (QED) is 0.509. The van der Waals surface area contributed by atoms with E-state index in [-0.39, 0.29) is 12.3 Å². The number of nitrogens with zero attached hydrogens (tertiary/aromatic N) is 2. The fraction of sp³-hybridized carbons (Fsp3) is 0.105. The zero-order chi connectivity index (χ0) is 18.1. The molecule has 0 radical (unpaired) electrons. The van der Waals surface area contributed by atoms with Crippen LogP contribution in [0.3, 0.4) is 0 Å². The Hall–Kier alpha value is -3.12. The zero-order valence-electron chi connectivity index (χ0n) is 14.0. The number of H-pyrrole nitrogens is 2. The van der Waals surface area contributed by atoms with Crippen molar-refractivity contribution in [2.24, 2.45) is 0 Å². The van der Waals surface area contributed by atoms with E-state index in [0.29, 0.717) is 22.4 Å². The van der Waals surface area contributed by atoms with Gasteiger partial charge in [0.2, 0.25) is 5.91 Å². The van der Waals surface area contributed by atoms with E-state index in [1.165, 1.54) is 0 Å². The zero-order valence-corrected chi connectivity index (χ0v) is 14.8. The Morgan fingerprint density at radius 2 is 2.04 bits per heavy atom. The van der Waals surface area contributed by atoms with Crippen LogP contribution in [0.5, 0.6) is 0 Å². The minimum Gasteiger partial charge on any atom is -0.337 e. The van der Waals surface area contributed by atoms with Crippen molar-refractivity contribution in [1.29, 1.82) is 0 Å². The highest BCUT2D eigenvalue weighted by Gasteiger charge is 2.11. The van der Waals surface area contributed by atoms with Crippen molar-refractivity contribution in [3.05, 3.63) is 64.7 Å². The van der Waals surface area contributed by atoms with Crippen LogP contribution in [0, 0.1) is 6.92 Å². The average Bonchev–Trinajstić information content (AvgIpc) is 3.24. The number of para-hydroxylation sites is 2. The lowest BCUT2D eigenvalue weighted by Crippen LogP contribution is -2.14. The third kappa shape index (κ3) is 3.32. The van der Waals surface area contributed by atoms with E-state index in [0.717, 1.165) is 22.2 Å². The van der Waals surface area contributed by atoms with E-state index in [2.05, 4.69) is 25.5 Å². The molecule has 0 atom stereocenters. The normalized spacial score (nSPS) is 11.0. The maximum absolute atomic E-state index is 12.2. The average molecular weight is 366 g/mol. The molecule has 0 unspecified atom stereocenters. The van der Waals surface area contributed by atoms with Gasteiger partial charge in [0.1, 0.15) is 5.69 Å². The number of nitrogens with one attached hydrogen (secondary N) is 3. The van der Waals surface area contributed by atoms with Gasteiger partial charge >= 0.3 is 0 Å². The number of benzene rings is 2. The predicted octanol–water partition coefficient (Wildman–Crippen LogP) is 4.10. The number of hydrogen-bond acceptors (Lipinski definition) is 3. The summed E-state index contributed by atoms with van der Waals surface area (Å²) >= 11 is 6.10. The molecule has 130 valence electrons. The number of aromatic amines is 2. The van der Waals surface area contributed by atoms with Crippen molar-refractivity contribution < 1.29 is 4.79 Å². The number of halogens is 1. The number of carbonyl (C=O) groups excluding carboxylic acids is 1. The fourth-order valence-electron chi connectivity index (χ4n) is 2.71. The molecule has 0 bridgehead atoms. The SMILES string of the molecule is Cc1ccc(CC(=O)Nc2cc(-c3nc4ccccc4[nH]3)[nH]n2)cc1Cl. The second-order valence-electron chi connectivity index (χ2n) is 6.08. The van der Waals surface area contributed by atoms with Crippen molar-refractivity contribution in [3.8, 4) is 11.5 Å². The summed E-state index contributed by atoms with van der Waals surface area (Å²) in [5.74, 6) is 0.959. The molecule has 4 aromatic rings. The first-order chi connectivity index (χ1) is 12.6. The van der Waals surface area contributed by atoms with Crippen LogP contribution in [-0.2, 0) is 11.2 Å². The Morgan fingerprint density at radius 3 is 2.85 bits per heavy atom. The van der Waals surface area contributed by atoms with Crippen LogP contribution in [0.1, 0.15) is 11.1 Å². The van der Waals surface area contributed by atoms with E-state index in [1.807, 2.05) is 43.3 Å². The lowest BCUT2D eigenvalue weighted by molar-refractivity contribution is -0.115. The van der Waals surface area contributed by atoms with Crippen molar-refractivity contribution in [2.75, 3.05) is 5.32 Å². The highest BCUT2D eigenvalue weighted by Crippen LogP contribution is 2.21. The van der Waals surface area contributed by atoms with Gasteiger partial charge in [-0.05, 0) is 36.2 Å². The van der Waals surface area contributed by atoms with Crippen molar-refractivity contribution in [3.63, 3.8) is 0 Å². The molecule has 0 saturated carbocycles. The Bertz CT molecular complexity index is 1070. The third-order valence-electron chi connectivity index (χ3n) is 4.09. The highest BCUT2D eigenvalue weighted by atomic mass is 35.5. The molecule has 7 heteroatoms. The second kappa shape index (κ2) is 6.65. The van der Waals surface area contributed by atoms with Gasteiger partial charge in [0, 0.05) is 11.1 Å². The van der Waals surface area contributed by atoms with Crippen LogP contribution in [0.2, 0.25) is 5.02 Å².